The van der Waals surface area contributed by atoms with Crippen molar-refractivity contribution in [2.45, 2.75) is 24.6 Å². The van der Waals surface area contributed by atoms with Crippen molar-refractivity contribution in [2.24, 2.45) is 21.5 Å². The van der Waals surface area contributed by atoms with Crippen LogP contribution in [0.2, 0.25) is 0 Å². The lowest BCUT2D eigenvalue weighted by molar-refractivity contribution is -0.138. The Morgan fingerprint density at radius 2 is 1.86 bits per heavy atom. The molecule has 1 aliphatic rings. The first-order valence-electron chi connectivity index (χ1n) is 10.2. The summed E-state index contributed by atoms with van der Waals surface area (Å²) < 4.78 is 44.6. The normalized spacial score (nSPS) is 15.6. The van der Waals surface area contributed by atoms with Crippen LogP contribution in [-0.4, -0.2) is 36.3 Å². The number of hydrogen-bond acceptors (Lipinski definition) is 7. The van der Waals surface area contributed by atoms with Crippen molar-refractivity contribution in [3.63, 3.8) is 0 Å². The minimum Gasteiger partial charge on any atom is -0.454 e. The monoisotopic (exact) mass is 490 g/mol. The maximum absolute atomic E-state index is 13.1. The zero-order valence-corrected chi connectivity index (χ0v) is 18.6. The quantitative estimate of drug-likeness (QED) is 0.214. The highest BCUT2D eigenvalue weighted by Gasteiger charge is 2.51. The highest BCUT2D eigenvalue weighted by molar-refractivity contribution is 6.13. The number of hydrogen-bond donors (Lipinski definition) is 4. The molecule has 1 aromatic rings. The van der Waals surface area contributed by atoms with Crippen LogP contribution in [0, 0.1) is 0 Å². The summed E-state index contributed by atoms with van der Waals surface area (Å²) in [6.45, 7) is 6.99. The van der Waals surface area contributed by atoms with Crippen LogP contribution >= 0.6 is 0 Å². The molecule has 2 amide bonds. The van der Waals surface area contributed by atoms with Gasteiger partial charge in [-0.1, -0.05) is 25.3 Å². The van der Waals surface area contributed by atoms with Crippen molar-refractivity contribution in [3.8, 4) is 5.75 Å². The Kier molecular flexibility index (Phi) is 8.98. The predicted molar refractivity (Wildman–Crippen MR) is 126 cm³/mol. The minimum atomic E-state index is -4.62. The first kappa shape index (κ1) is 26.9. The molecule has 1 fully saturated rings. The molecule has 35 heavy (non-hydrogen) atoms. The fourth-order valence-corrected chi connectivity index (χ4v) is 2.71. The lowest BCUT2D eigenvalue weighted by Crippen LogP contribution is -2.49. The molecular formula is C23H25F3N6O3. The molecule has 0 radical (unpaired) electrons. The van der Waals surface area contributed by atoms with Gasteiger partial charge in [-0.25, -0.2) is 0 Å². The summed E-state index contributed by atoms with van der Waals surface area (Å²) in [7, 11) is 0. The van der Waals surface area contributed by atoms with Crippen molar-refractivity contribution in [1.29, 1.82) is 0 Å². The average molecular weight is 490 g/mol. The molecule has 9 nitrogen and oxygen atoms in total. The van der Waals surface area contributed by atoms with Crippen LogP contribution in [-0.2, 0) is 15.8 Å². The van der Waals surface area contributed by atoms with E-state index in [-0.39, 0.29) is 23.6 Å². The first-order chi connectivity index (χ1) is 16.6. The molecule has 186 valence electrons. The molecule has 0 spiro atoms. The zero-order chi connectivity index (χ0) is 26.1. The van der Waals surface area contributed by atoms with Crippen LogP contribution in [0.25, 0.3) is 0 Å². The molecule has 12 heteroatoms. The molecule has 0 aromatic heterocycles. The van der Waals surface area contributed by atoms with Gasteiger partial charge in [0.1, 0.15) is 11.3 Å². The third-order valence-electron chi connectivity index (χ3n) is 4.71. The van der Waals surface area contributed by atoms with Crippen LogP contribution in [0.1, 0.15) is 18.4 Å². The number of aliphatic imine (C=N–C) groups is 2. The molecule has 0 unspecified atom stereocenters. The van der Waals surface area contributed by atoms with Crippen molar-refractivity contribution in [3.05, 3.63) is 78.6 Å². The largest absolute Gasteiger partial charge is 0.454 e. The van der Waals surface area contributed by atoms with Gasteiger partial charge in [-0.05, 0) is 25.0 Å². The molecular weight excluding hydrogens is 465 g/mol. The maximum atomic E-state index is 13.1. The van der Waals surface area contributed by atoms with E-state index >= 15 is 0 Å². The molecule has 0 heterocycles. The Morgan fingerprint density at radius 3 is 2.43 bits per heavy atom. The fraction of sp³-hybridized carbons (Fsp3) is 0.217. The van der Waals surface area contributed by atoms with E-state index in [1.54, 1.807) is 0 Å². The van der Waals surface area contributed by atoms with Gasteiger partial charge in [0.2, 0.25) is 5.91 Å². The topological polar surface area (TPSA) is 144 Å². The van der Waals surface area contributed by atoms with E-state index in [1.807, 2.05) is 0 Å². The average Bonchev–Trinajstić information content (AvgIpc) is 3.60. The molecule has 2 rings (SSSR count). The minimum absolute atomic E-state index is 0.0613. The lowest BCUT2D eigenvalue weighted by Gasteiger charge is -2.17. The molecule has 0 aliphatic heterocycles. The number of alkyl halides is 3. The summed E-state index contributed by atoms with van der Waals surface area (Å²) in [5, 5.41) is 5.23. The van der Waals surface area contributed by atoms with Gasteiger partial charge in [0, 0.05) is 24.8 Å². The van der Waals surface area contributed by atoms with E-state index in [1.165, 1.54) is 24.5 Å². The predicted octanol–water partition coefficient (Wildman–Crippen LogP) is 2.29. The standard InChI is InChI=1S/C23H25F3N6O3/c1-3-29-13-16(10-27)20(33)32-22(8-9-22)21(34)31-12-15(2)30-14-17(11-28)35-19-7-5-4-6-18(19)23(24,25)26/h3-7,10-11,13-14H,1-2,8-9,12,27-28H2,(H,31,34)(H,32,33)/b16-10+,17-11+,29-13-,30-14-. The highest BCUT2D eigenvalue weighted by atomic mass is 19.4. The van der Waals surface area contributed by atoms with Gasteiger partial charge in [0.05, 0.1) is 29.6 Å². The number of carbonyl (C=O) groups is 2. The summed E-state index contributed by atoms with van der Waals surface area (Å²) in [4.78, 5) is 32.6. The third kappa shape index (κ3) is 7.59. The van der Waals surface area contributed by atoms with Gasteiger partial charge in [0.15, 0.2) is 5.76 Å². The Bertz CT molecular complexity index is 1100. The van der Waals surface area contributed by atoms with Crippen LogP contribution in [0.3, 0.4) is 0 Å². The van der Waals surface area contributed by atoms with E-state index in [4.69, 9.17) is 16.2 Å². The summed E-state index contributed by atoms with van der Waals surface area (Å²) in [6.07, 6.45) is 1.74. The van der Waals surface area contributed by atoms with Crippen molar-refractivity contribution in [1.82, 2.24) is 10.6 Å². The number of nitrogens with one attached hydrogen (secondary N) is 2. The molecule has 1 aromatic carbocycles. The number of halogens is 3. The summed E-state index contributed by atoms with van der Waals surface area (Å²) in [6, 6.07) is 4.64. The van der Waals surface area contributed by atoms with Gasteiger partial charge < -0.3 is 26.8 Å². The van der Waals surface area contributed by atoms with Crippen LogP contribution in [0.4, 0.5) is 13.2 Å². The van der Waals surface area contributed by atoms with Crippen molar-refractivity contribution >= 4 is 24.2 Å². The Balaban J connectivity index is 1.94. The van der Waals surface area contributed by atoms with Crippen molar-refractivity contribution in [2.75, 3.05) is 6.54 Å². The molecule has 0 bridgehead atoms. The van der Waals surface area contributed by atoms with E-state index < -0.39 is 34.8 Å². The van der Waals surface area contributed by atoms with E-state index in [2.05, 4.69) is 33.8 Å². The number of carbonyl (C=O) groups excluding carboxylic acids is 2. The van der Waals surface area contributed by atoms with Gasteiger partial charge in [-0.15, -0.1) is 0 Å². The number of benzene rings is 1. The highest BCUT2D eigenvalue weighted by Crippen LogP contribution is 2.37. The number of para-hydroxylation sites is 1. The summed E-state index contributed by atoms with van der Waals surface area (Å²) in [5.41, 5.74) is 9.01. The second-order valence-electron chi connectivity index (χ2n) is 7.29. The molecule has 1 aliphatic carbocycles. The number of nitrogens with zero attached hydrogens (tertiary/aromatic N) is 2. The van der Waals surface area contributed by atoms with Gasteiger partial charge >= 0.3 is 6.18 Å². The maximum Gasteiger partial charge on any atom is 0.419 e. The molecule has 6 N–H and O–H groups in total. The fourth-order valence-electron chi connectivity index (χ4n) is 2.71. The Morgan fingerprint density at radius 1 is 1.17 bits per heavy atom. The van der Waals surface area contributed by atoms with Crippen LogP contribution in [0.15, 0.2) is 83.0 Å². The summed E-state index contributed by atoms with van der Waals surface area (Å²) >= 11 is 0. The van der Waals surface area contributed by atoms with Gasteiger partial charge in [-0.2, -0.15) is 13.2 Å². The first-order valence-corrected chi connectivity index (χ1v) is 10.2. The number of allylic oxidation sites excluding steroid dienone is 1. The molecule has 1 saturated carbocycles. The SMILES string of the molecule is C=C/N=C\C(=C/N)C(=O)NC1(C(=O)NCC(=C)/N=C\C(=C/N)Oc2ccccc2C(F)(F)F)CC1. The number of rotatable bonds is 11. The third-order valence-corrected chi connectivity index (χ3v) is 4.71. The Hall–Kier alpha value is -4.35. The second kappa shape index (κ2) is 11.7. The second-order valence-corrected chi connectivity index (χ2v) is 7.29. The molecule has 0 saturated heterocycles. The van der Waals surface area contributed by atoms with Crippen LogP contribution < -0.4 is 26.8 Å². The van der Waals surface area contributed by atoms with E-state index in [0.29, 0.717) is 12.8 Å². The lowest BCUT2D eigenvalue weighted by atomic mass is 10.2. The van der Waals surface area contributed by atoms with Crippen molar-refractivity contribution < 1.29 is 27.5 Å². The number of ether oxygens (including phenoxy) is 1. The number of nitrogens with two attached hydrogens (primary N) is 2. The van der Waals surface area contributed by atoms with Crippen LogP contribution in [0.5, 0.6) is 5.75 Å². The number of amides is 2. The van der Waals surface area contributed by atoms with E-state index in [0.717, 1.165) is 30.7 Å². The smallest absolute Gasteiger partial charge is 0.419 e. The van der Waals surface area contributed by atoms with E-state index in [9.17, 15) is 22.8 Å². The zero-order valence-electron chi connectivity index (χ0n) is 18.6. The summed E-state index contributed by atoms with van der Waals surface area (Å²) in [5.74, 6) is -1.64. The Labute approximate surface area is 199 Å². The van der Waals surface area contributed by atoms with Gasteiger partial charge in [0.25, 0.3) is 5.91 Å². The van der Waals surface area contributed by atoms with Gasteiger partial charge in [-0.3, -0.25) is 19.6 Å². The molecule has 0 atom stereocenters.